The maximum absolute atomic E-state index is 13.1. The smallest absolute Gasteiger partial charge is 0.270 e. The second-order valence-electron chi connectivity index (χ2n) is 7.49. The molecule has 2 aromatic carbocycles. The number of hydrogen-bond donors (Lipinski definition) is 1. The molecule has 4 aromatic rings. The van der Waals surface area contributed by atoms with Gasteiger partial charge < -0.3 is 9.88 Å². The number of piperazine rings is 1. The summed E-state index contributed by atoms with van der Waals surface area (Å²) in [6.45, 7) is 3.78. The Labute approximate surface area is 177 Å². The van der Waals surface area contributed by atoms with E-state index in [2.05, 4.69) is 15.3 Å². The van der Waals surface area contributed by atoms with Gasteiger partial charge in [-0.1, -0.05) is 18.2 Å². The Bertz CT molecular complexity index is 1140. The van der Waals surface area contributed by atoms with E-state index in [1.54, 1.807) is 23.5 Å². The third-order valence-electron chi connectivity index (χ3n) is 5.45. The van der Waals surface area contributed by atoms with Gasteiger partial charge in [-0.15, -0.1) is 11.3 Å². The zero-order valence-electron chi connectivity index (χ0n) is 16.3. The summed E-state index contributed by atoms with van der Waals surface area (Å²) in [4.78, 5) is 25.0. The molecule has 5 nitrogen and oxygen atoms in total. The standard InChI is InChI=1S/C23H21FN4OS/c24-18-7-5-16(6-8-18)22-25-19(15-30-22)14-27-9-11-28(12-10-27)23(29)21-13-17-3-1-2-4-20(17)26-21/h1-8,13,15,26H,9-12,14H2. The van der Waals surface area contributed by atoms with Crippen molar-refractivity contribution in [1.29, 1.82) is 0 Å². The Morgan fingerprint density at radius 1 is 1.07 bits per heavy atom. The average molecular weight is 421 g/mol. The van der Waals surface area contributed by atoms with Crippen molar-refractivity contribution in [2.24, 2.45) is 0 Å². The number of fused-ring (bicyclic) bond motifs is 1. The minimum atomic E-state index is -0.240. The van der Waals surface area contributed by atoms with Gasteiger partial charge in [0.2, 0.25) is 0 Å². The third kappa shape index (κ3) is 3.86. The number of aromatic nitrogens is 2. The lowest BCUT2D eigenvalue weighted by molar-refractivity contribution is 0.0622. The summed E-state index contributed by atoms with van der Waals surface area (Å²) in [6, 6.07) is 16.3. The van der Waals surface area contributed by atoms with Gasteiger partial charge in [0.15, 0.2) is 0 Å². The van der Waals surface area contributed by atoms with Crippen LogP contribution in [0.15, 0.2) is 60.0 Å². The van der Waals surface area contributed by atoms with Gasteiger partial charge in [0.05, 0.1) is 5.69 Å². The number of nitrogens with one attached hydrogen (secondary N) is 1. The fourth-order valence-corrected chi connectivity index (χ4v) is 4.62. The Morgan fingerprint density at radius 2 is 1.83 bits per heavy atom. The van der Waals surface area contributed by atoms with Crippen molar-refractivity contribution in [3.8, 4) is 10.6 Å². The molecule has 0 spiro atoms. The van der Waals surface area contributed by atoms with E-state index in [4.69, 9.17) is 4.98 Å². The molecule has 1 amide bonds. The summed E-state index contributed by atoms with van der Waals surface area (Å²) in [7, 11) is 0. The van der Waals surface area contributed by atoms with Gasteiger partial charge in [0.1, 0.15) is 16.5 Å². The fraction of sp³-hybridized carbons (Fsp3) is 0.217. The van der Waals surface area contributed by atoms with Crippen LogP contribution in [0.4, 0.5) is 4.39 Å². The third-order valence-corrected chi connectivity index (χ3v) is 6.39. The summed E-state index contributed by atoms with van der Waals surface area (Å²) in [5.41, 5.74) is 3.57. The van der Waals surface area contributed by atoms with E-state index in [0.717, 1.165) is 46.8 Å². The molecule has 1 fully saturated rings. The first kappa shape index (κ1) is 19.0. The van der Waals surface area contributed by atoms with Crippen LogP contribution >= 0.6 is 11.3 Å². The largest absolute Gasteiger partial charge is 0.351 e. The van der Waals surface area contributed by atoms with Crippen LogP contribution in [0.2, 0.25) is 0 Å². The molecule has 1 saturated heterocycles. The number of rotatable bonds is 4. The molecule has 5 rings (SSSR count). The predicted molar refractivity (Wildman–Crippen MR) is 117 cm³/mol. The number of H-pyrrole nitrogens is 1. The summed E-state index contributed by atoms with van der Waals surface area (Å²) in [5.74, 6) is -0.187. The molecule has 3 heterocycles. The van der Waals surface area contributed by atoms with Crippen molar-refractivity contribution in [3.05, 3.63) is 77.2 Å². The lowest BCUT2D eigenvalue weighted by Crippen LogP contribution is -2.48. The van der Waals surface area contributed by atoms with Crippen LogP contribution in [0, 0.1) is 5.82 Å². The van der Waals surface area contributed by atoms with Crippen LogP contribution in [-0.2, 0) is 6.54 Å². The normalized spacial score (nSPS) is 15.0. The van der Waals surface area contributed by atoms with Gasteiger partial charge in [0.25, 0.3) is 5.91 Å². The number of aromatic amines is 1. The molecule has 152 valence electrons. The quantitative estimate of drug-likeness (QED) is 0.533. The van der Waals surface area contributed by atoms with Gasteiger partial charge >= 0.3 is 0 Å². The first-order valence-electron chi connectivity index (χ1n) is 9.95. The molecule has 0 atom stereocenters. The fourth-order valence-electron chi connectivity index (χ4n) is 3.80. The molecule has 1 N–H and O–H groups in total. The number of carbonyl (C=O) groups is 1. The summed E-state index contributed by atoms with van der Waals surface area (Å²) in [5, 5.41) is 4.01. The molecule has 1 aliphatic rings. The first-order chi connectivity index (χ1) is 14.7. The number of amides is 1. The Balaban J connectivity index is 1.19. The molecular formula is C23H21FN4OS. The Kier molecular flexibility index (Phi) is 5.06. The molecule has 2 aromatic heterocycles. The zero-order valence-corrected chi connectivity index (χ0v) is 17.2. The van der Waals surface area contributed by atoms with Crippen molar-refractivity contribution in [2.45, 2.75) is 6.54 Å². The highest BCUT2D eigenvalue weighted by atomic mass is 32.1. The van der Waals surface area contributed by atoms with E-state index >= 15 is 0 Å². The molecular weight excluding hydrogens is 399 g/mol. The van der Waals surface area contributed by atoms with Crippen molar-refractivity contribution < 1.29 is 9.18 Å². The highest BCUT2D eigenvalue weighted by Crippen LogP contribution is 2.25. The van der Waals surface area contributed by atoms with Crippen LogP contribution in [0.25, 0.3) is 21.5 Å². The minimum absolute atomic E-state index is 0.0538. The number of nitrogens with zero attached hydrogens (tertiary/aromatic N) is 3. The molecule has 1 aliphatic heterocycles. The number of para-hydroxylation sites is 1. The van der Waals surface area contributed by atoms with Crippen LogP contribution in [0.3, 0.4) is 0 Å². The van der Waals surface area contributed by atoms with E-state index < -0.39 is 0 Å². The Hall–Kier alpha value is -3.03. The van der Waals surface area contributed by atoms with E-state index in [9.17, 15) is 9.18 Å². The summed E-state index contributed by atoms with van der Waals surface area (Å²) in [6.07, 6.45) is 0. The van der Waals surface area contributed by atoms with Crippen LogP contribution in [0.5, 0.6) is 0 Å². The number of halogens is 1. The molecule has 0 aliphatic carbocycles. The monoisotopic (exact) mass is 420 g/mol. The number of thiazole rings is 1. The van der Waals surface area contributed by atoms with E-state index in [0.29, 0.717) is 18.8 Å². The molecule has 0 unspecified atom stereocenters. The molecule has 7 heteroatoms. The topological polar surface area (TPSA) is 52.2 Å². The second kappa shape index (κ2) is 8.01. The van der Waals surface area contributed by atoms with Crippen LogP contribution < -0.4 is 0 Å². The van der Waals surface area contributed by atoms with E-state index in [1.165, 1.54) is 12.1 Å². The maximum Gasteiger partial charge on any atom is 0.270 e. The maximum atomic E-state index is 13.1. The summed E-state index contributed by atoms with van der Waals surface area (Å²) >= 11 is 1.57. The average Bonchev–Trinajstić information content (AvgIpc) is 3.41. The van der Waals surface area contributed by atoms with Crippen molar-refractivity contribution in [1.82, 2.24) is 19.8 Å². The van der Waals surface area contributed by atoms with Gasteiger partial charge in [-0.3, -0.25) is 9.69 Å². The molecule has 0 radical (unpaired) electrons. The number of benzene rings is 2. The van der Waals surface area contributed by atoms with Gasteiger partial charge in [-0.05, 0) is 36.4 Å². The van der Waals surface area contributed by atoms with Crippen molar-refractivity contribution in [2.75, 3.05) is 26.2 Å². The van der Waals surface area contributed by atoms with Crippen LogP contribution in [-0.4, -0.2) is 51.9 Å². The lowest BCUT2D eigenvalue weighted by Gasteiger charge is -2.34. The molecule has 30 heavy (non-hydrogen) atoms. The highest BCUT2D eigenvalue weighted by Gasteiger charge is 2.23. The minimum Gasteiger partial charge on any atom is -0.351 e. The SMILES string of the molecule is O=C(c1cc2ccccc2[nH]1)N1CCN(Cc2csc(-c3ccc(F)cc3)n2)CC1. The number of carbonyl (C=O) groups excluding carboxylic acids is 1. The Morgan fingerprint density at radius 3 is 2.60 bits per heavy atom. The molecule has 0 saturated carbocycles. The van der Waals surface area contributed by atoms with Crippen molar-refractivity contribution in [3.63, 3.8) is 0 Å². The van der Waals surface area contributed by atoms with E-state index in [-0.39, 0.29) is 11.7 Å². The van der Waals surface area contributed by atoms with Crippen LogP contribution in [0.1, 0.15) is 16.2 Å². The predicted octanol–water partition coefficient (Wildman–Crippen LogP) is 4.39. The number of hydrogen-bond acceptors (Lipinski definition) is 4. The van der Waals surface area contributed by atoms with Gasteiger partial charge in [-0.25, -0.2) is 9.37 Å². The van der Waals surface area contributed by atoms with Gasteiger partial charge in [-0.2, -0.15) is 0 Å². The summed E-state index contributed by atoms with van der Waals surface area (Å²) < 4.78 is 13.1. The second-order valence-corrected chi connectivity index (χ2v) is 8.35. The zero-order chi connectivity index (χ0) is 20.5. The lowest BCUT2D eigenvalue weighted by atomic mass is 10.2. The highest BCUT2D eigenvalue weighted by molar-refractivity contribution is 7.13. The first-order valence-corrected chi connectivity index (χ1v) is 10.8. The van der Waals surface area contributed by atoms with Gasteiger partial charge in [0, 0.05) is 54.6 Å². The van der Waals surface area contributed by atoms with E-state index in [1.807, 2.05) is 35.2 Å². The molecule has 0 bridgehead atoms. The van der Waals surface area contributed by atoms with Crippen molar-refractivity contribution >= 4 is 28.1 Å².